The highest BCUT2D eigenvalue weighted by molar-refractivity contribution is 6.33. The summed E-state index contributed by atoms with van der Waals surface area (Å²) in [5, 5.41) is 10.3. The fourth-order valence-electron chi connectivity index (χ4n) is 5.89. The SMILES string of the molecule is CCn1cncc1Cn1c(CN2CCN(C(=O)c3cccc(N(C)c4ccc(C)cc4Cl)c3)CC2)nc2ccc(C(=O)O)cc21. The molecule has 10 nitrogen and oxygen atoms in total. The van der Waals surface area contributed by atoms with Crippen LogP contribution in [-0.4, -0.2) is 79.1 Å². The van der Waals surface area contributed by atoms with Crippen LogP contribution in [0.25, 0.3) is 11.0 Å². The number of halogens is 1. The monoisotopic (exact) mass is 625 g/mol. The molecule has 11 heteroatoms. The number of carbonyl (C=O) groups excluding carboxylic acids is 1. The molecule has 0 aliphatic carbocycles. The van der Waals surface area contributed by atoms with Crippen molar-refractivity contribution in [1.29, 1.82) is 0 Å². The molecule has 0 saturated carbocycles. The van der Waals surface area contributed by atoms with Crippen LogP contribution in [0.4, 0.5) is 11.4 Å². The molecule has 1 aliphatic rings. The second-order valence-corrected chi connectivity index (χ2v) is 11.8. The smallest absolute Gasteiger partial charge is 0.335 e. The third-order valence-electron chi connectivity index (χ3n) is 8.50. The number of hydrogen-bond acceptors (Lipinski definition) is 6. The number of hydrogen-bond donors (Lipinski definition) is 1. The van der Waals surface area contributed by atoms with Gasteiger partial charge in [-0.2, -0.15) is 0 Å². The largest absolute Gasteiger partial charge is 0.478 e. The summed E-state index contributed by atoms with van der Waals surface area (Å²) in [5.74, 6) is -0.121. The molecule has 0 spiro atoms. The van der Waals surface area contributed by atoms with Gasteiger partial charge in [0, 0.05) is 57.2 Å². The fourth-order valence-corrected chi connectivity index (χ4v) is 6.25. The van der Waals surface area contributed by atoms with Crippen molar-refractivity contribution < 1.29 is 14.7 Å². The molecule has 1 amide bonds. The van der Waals surface area contributed by atoms with E-state index in [-0.39, 0.29) is 11.5 Å². The van der Waals surface area contributed by atoms with E-state index in [1.807, 2.05) is 72.4 Å². The number of carboxylic acids is 1. The van der Waals surface area contributed by atoms with Gasteiger partial charge in [0.2, 0.25) is 0 Å². The molecule has 3 heterocycles. The predicted octanol–water partition coefficient (Wildman–Crippen LogP) is 5.69. The topological polar surface area (TPSA) is 99.7 Å². The van der Waals surface area contributed by atoms with E-state index in [4.69, 9.17) is 16.6 Å². The summed E-state index contributed by atoms with van der Waals surface area (Å²) in [6.45, 7) is 8.54. The highest BCUT2D eigenvalue weighted by atomic mass is 35.5. The van der Waals surface area contributed by atoms with Crippen LogP contribution < -0.4 is 4.90 Å². The van der Waals surface area contributed by atoms with Crippen LogP contribution in [0.1, 0.15) is 44.7 Å². The number of imidazole rings is 2. The van der Waals surface area contributed by atoms with E-state index in [0.29, 0.717) is 49.9 Å². The highest BCUT2D eigenvalue weighted by Crippen LogP contribution is 2.32. The Morgan fingerprint density at radius 1 is 0.978 bits per heavy atom. The van der Waals surface area contributed by atoms with Gasteiger partial charge in [0.15, 0.2) is 0 Å². The molecule has 1 saturated heterocycles. The van der Waals surface area contributed by atoms with Crippen LogP contribution in [0.2, 0.25) is 5.02 Å². The number of aryl methyl sites for hydroxylation is 2. The summed E-state index contributed by atoms with van der Waals surface area (Å²) in [6, 6.07) is 18.7. The Kier molecular flexibility index (Phi) is 8.60. The molecule has 3 aromatic carbocycles. The van der Waals surface area contributed by atoms with E-state index in [9.17, 15) is 14.7 Å². The van der Waals surface area contributed by atoms with Crippen molar-refractivity contribution in [1.82, 2.24) is 28.9 Å². The summed E-state index contributed by atoms with van der Waals surface area (Å²) in [5.41, 5.74) is 6.27. The number of piperazine rings is 1. The van der Waals surface area contributed by atoms with Crippen molar-refractivity contribution in [3.63, 3.8) is 0 Å². The van der Waals surface area contributed by atoms with Gasteiger partial charge >= 0.3 is 5.97 Å². The van der Waals surface area contributed by atoms with E-state index < -0.39 is 5.97 Å². The van der Waals surface area contributed by atoms with E-state index in [2.05, 4.69) is 25.9 Å². The van der Waals surface area contributed by atoms with Crippen LogP contribution >= 0.6 is 11.6 Å². The van der Waals surface area contributed by atoms with Crippen LogP contribution in [0, 0.1) is 6.92 Å². The molecule has 45 heavy (non-hydrogen) atoms. The van der Waals surface area contributed by atoms with E-state index in [1.54, 1.807) is 24.5 Å². The van der Waals surface area contributed by atoms with Crippen molar-refractivity contribution in [2.75, 3.05) is 38.1 Å². The number of fused-ring (bicyclic) bond motifs is 1. The number of benzene rings is 3. The zero-order chi connectivity index (χ0) is 31.7. The van der Waals surface area contributed by atoms with Gasteiger partial charge in [0.25, 0.3) is 5.91 Å². The zero-order valence-electron chi connectivity index (χ0n) is 25.7. The number of carbonyl (C=O) groups is 2. The van der Waals surface area contributed by atoms with Gasteiger partial charge in [-0.15, -0.1) is 0 Å². The molecular weight excluding hydrogens is 590 g/mol. The van der Waals surface area contributed by atoms with E-state index >= 15 is 0 Å². The summed E-state index contributed by atoms with van der Waals surface area (Å²) in [4.78, 5) is 40.7. The Bertz CT molecular complexity index is 1870. The van der Waals surface area contributed by atoms with Gasteiger partial charge in [-0.3, -0.25) is 9.69 Å². The van der Waals surface area contributed by atoms with Gasteiger partial charge in [-0.25, -0.2) is 14.8 Å². The molecule has 5 aromatic rings. The molecular formula is C34H36ClN7O3. The van der Waals surface area contributed by atoms with Gasteiger partial charge in [0.1, 0.15) is 5.82 Å². The Morgan fingerprint density at radius 3 is 2.51 bits per heavy atom. The number of anilines is 2. The lowest BCUT2D eigenvalue weighted by Gasteiger charge is -2.34. The van der Waals surface area contributed by atoms with Crippen LogP contribution in [0.3, 0.4) is 0 Å². The molecule has 0 unspecified atom stereocenters. The maximum Gasteiger partial charge on any atom is 0.335 e. The number of aromatic carboxylic acids is 1. The Hall–Kier alpha value is -4.67. The minimum Gasteiger partial charge on any atom is -0.478 e. The Balaban J connectivity index is 1.17. The van der Waals surface area contributed by atoms with Crippen LogP contribution in [-0.2, 0) is 19.6 Å². The average Bonchev–Trinajstić information content (AvgIpc) is 3.64. The summed E-state index contributed by atoms with van der Waals surface area (Å²) in [7, 11) is 1.95. The van der Waals surface area contributed by atoms with Crippen molar-refractivity contribution in [3.05, 3.63) is 106 Å². The number of carboxylic acid groups (broad SMARTS) is 1. The number of aromatic nitrogens is 4. The van der Waals surface area contributed by atoms with Crippen molar-refractivity contribution in [2.45, 2.75) is 33.5 Å². The van der Waals surface area contributed by atoms with Gasteiger partial charge < -0.3 is 24.0 Å². The van der Waals surface area contributed by atoms with Gasteiger partial charge in [-0.1, -0.05) is 23.7 Å². The molecule has 1 aliphatic heterocycles. The average molecular weight is 626 g/mol. The maximum absolute atomic E-state index is 13.6. The third kappa shape index (κ3) is 6.29. The minimum atomic E-state index is -0.971. The van der Waals surface area contributed by atoms with Crippen molar-refractivity contribution >= 4 is 45.9 Å². The summed E-state index contributed by atoms with van der Waals surface area (Å²) in [6.07, 6.45) is 3.64. The van der Waals surface area contributed by atoms with E-state index in [0.717, 1.165) is 46.0 Å². The van der Waals surface area contributed by atoms with Gasteiger partial charge in [0.05, 0.1) is 52.4 Å². The predicted molar refractivity (Wildman–Crippen MR) is 176 cm³/mol. The lowest BCUT2D eigenvalue weighted by molar-refractivity contribution is 0.0623. The van der Waals surface area contributed by atoms with Gasteiger partial charge in [-0.05, 0) is 67.9 Å². The zero-order valence-corrected chi connectivity index (χ0v) is 26.4. The second kappa shape index (κ2) is 12.7. The number of amides is 1. The highest BCUT2D eigenvalue weighted by Gasteiger charge is 2.25. The summed E-state index contributed by atoms with van der Waals surface area (Å²) >= 11 is 6.52. The number of rotatable bonds is 9. The van der Waals surface area contributed by atoms with Crippen molar-refractivity contribution in [2.24, 2.45) is 0 Å². The quantitative estimate of drug-likeness (QED) is 0.225. The molecule has 2 aromatic heterocycles. The van der Waals surface area contributed by atoms with Crippen LogP contribution in [0.15, 0.2) is 73.2 Å². The van der Waals surface area contributed by atoms with Crippen molar-refractivity contribution in [3.8, 4) is 0 Å². The first-order valence-electron chi connectivity index (χ1n) is 15.0. The van der Waals surface area contributed by atoms with E-state index in [1.165, 1.54) is 0 Å². The molecule has 0 atom stereocenters. The lowest BCUT2D eigenvalue weighted by Crippen LogP contribution is -2.48. The normalized spacial score (nSPS) is 13.8. The maximum atomic E-state index is 13.6. The minimum absolute atomic E-state index is 0.00108. The lowest BCUT2D eigenvalue weighted by atomic mass is 10.1. The molecule has 1 N–H and O–H groups in total. The molecule has 1 fully saturated rings. The third-order valence-corrected chi connectivity index (χ3v) is 8.81. The Morgan fingerprint density at radius 2 is 1.78 bits per heavy atom. The molecule has 6 rings (SSSR count). The van der Waals surface area contributed by atoms with Crippen LogP contribution in [0.5, 0.6) is 0 Å². The second-order valence-electron chi connectivity index (χ2n) is 11.4. The first-order chi connectivity index (χ1) is 21.7. The number of nitrogens with zero attached hydrogens (tertiary/aromatic N) is 7. The standard InChI is InChI=1S/C34H36ClN7O3/c1-4-40-22-36-19-27(40)20-42-31-18-25(34(44)45)9-10-29(31)37-32(42)21-39-12-14-41(15-13-39)33(43)24-6-5-7-26(17-24)38(3)30-11-8-23(2)16-28(30)35/h5-11,16-19,22H,4,12-15,20-21H2,1-3H3,(H,44,45). The fraction of sp³-hybridized carbons (Fsp3) is 0.294. The first kappa shape index (κ1) is 30.4. The first-order valence-corrected chi connectivity index (χ1v) is 15.4. The summed E-state index contributed by atoms with van der Waals surface area (Å²) < 4.78 is 4.16. The molecule has 0 radical (unpaired) electrons. The Labute approximate surface area is 267 Å². The molecule has 232 valence electrons. The molecule has 0 bridgehead atoms.